The molecule has 0 aromatic carbocycles. The Morgan fingerprint density at radius 1 is 0.692 bits per heavy atom. The maximum Gasteiger partial charge on any atom is 0.320 e. The highest BCUT2D eigenvalue weighted by atomic mass is 31.2. The van der Waals surface area contributed by atoms with Gasteiger partial charge in [-0.3, -0.25) is 0 Å². The van der Waals surface area contributed by atoms with Gasteiger partial charge in [0.25, 0.3) is 0 Å². The van der Waals surface area contributed by atoms with Gasteiger partial charge in [0.15, 0.2) is 0 Å². The fraction of sp³-hybridized carbons (Fsp3) is 0. The van der Waals surface area contributed by atoms with Gasteiger partial charge in [-0.05, 0) is 0 Å². The Hall–Kier alpha value is -3.19. The quantitative estimate of drug-likeness (QED) is 0.200. The van der Waals surface area contributed by atoms with Gasteiger partial charge in [-0.15, -0.1) is 0 Å². The standard InChI is InChI=1S/2C3H6N6.H3O4P.3H2O/c2*4-1-7-2(5)9-3(6)8-1;1-5(2,3)4;;;/h2*(H6,4,5,6,7,8,9);(H3,1,2,3,4);3*1H2. The molecule has 2 rings (SSSR count). The molecular formula is C6H21N12O7P. The van der Waals surface area contributed by atoms with E-state index >= 15 is 0 Å². The molecule has 19 nitrogen and oxygen atoms in total. The Balaban J connectivity index is -0.000000137. The molecule has 26 heavy (non-hydrogen) atoms. The zero-order valence-electron chi connectivity index (χ0n) is 12.9. The van der Waals surface area contributed by atoms with E-state index in [4.69, 9.17) is 53.6 Å². The van der Waals surface area contributed by atoms with Gasteiger partial charge < -0.3 is 70.1 Å². The van der Waals surface area contributed by atoms with Crippen molar-refractivity contribution in [2.24, 2.45) is 0 Å². The Morgan fingerprint density at radius 3 is 0.962 bits per heavy atom. The molecule has 0 aliphatic carbocycles. The first kappa shape index (κ1) is 30.7. The molecule has 21 N–H and O–H groups in total. The number of anilines is 6. The van der Waals surface area contributed by atoms with Crippen molar-refractivity contribution >= 4 is 43.5 Å². The summed E-state index contributed by atoms with van der Waals surface area (Å²) in [6, 6.07) is 0. The minimum atomic E-state index is -5.14. The Morgan fingerprint density at radius 2 is 0.846 bits per heavy atom. The normalized spacial score (nSPS) is 8.73. The number of nitrogen functional groups attached to an aromatic ring is 6. The smallest absolute Gasteiger partial charge is 0.320 e. The van der Waals surface area contributed by atoms with Gasteiger partial charge in [0, 0.05) is 0 Å². The minimum Gasteiger partial charge on any atom is -0.790 e. The van der Waals surface area contributed by atoms with Crippen LogP contribution in [0.15, 0.2) is 0 Å². The topological polar surface area (TPSA) is 414 Å². The summed E-state index contributed by atoms with van der Waals surface area (Å²) in [4.78, 5) is 43.4. The van der Waals surface area contributed by atoms with Crippen LogP contribution in [0.2, 0.25) is 0 Å². The second kappa shape index (κ2) is 13.1. The van der Waals surface area contributed by atoms with Crippen LogP contribution in [0.25, 0.3) is 0 Å². The first-order chi connectivity index (χ1) is 10.4. The summed E-state index contributed by atoms with van der Waals surface area (Å²) in [6.07, 6.45) is 0. The molecule has 2 aromatic rings. The summed E-state index contributed by atoms with van der Waals surface area (Å²) in [5, 5.41) is 0. The zero-order valence-corrected chi connectivity index (χ0v) is 13.8. The van der Waals surface area contributed by atoms with Crippen molar-refractivity contribution in [3.63, 3.8) is 0 Å². The highest BCUT2D eigenvalue weighted by Gasteiger charge is 2.01. The maximum absolute atomic E-state index is 8.66. The molecule has 2 heterocycles. The van der Waals surface area contributed by atoms with E-state index in [0.717, 1.165) is 0 Å². The number of phosphoric acid groups is 1. The molecule has 0 saturated carbocycles. The van der Waals surface area contributed by atoms with E-state index in [-0.39, 0.29) is 52.1 Å². The summed E-state index contributed by atoms with van der Waals surface area (Å²) < 4.78 is 8.66. The number of aromatic amines is 2. The molecule has 0 atom stereocenters. The van der Waals surface area contributed by atoms with Crippen molar-refractivity contribution in [1.29, 1.82) is 0 Å². The molecule has 0 fully saturated rings. The highest BCUT2D eigenvalue weighted by Crippen LogP contribution is 2.11. The van der Waals surface area contributed by atoms with Crippen LogP contribution in [0.5, 0.6) is 0 Å². The predicted molar refractivity (Wildman–Crippen MR) is 84.3 cm³/mol. The van der Waals surface area contributed by atoms with Crippen molar-refractivity contribution in [3.05, 3.63) is 0 Å². The molecule has 0 amide bonds. The third kappa shape index (κ3) is 18.9. The first-order valence-corrected chi connectivity index (χ1v) is 6.76. The average molecular weight is 404 g/mol. The number of hydrogen-bond acceptors (Lipinski definition) is 13. The summed E-state index contributed by atoms with van der Waals surface area (Å²) in [5.41, 5.74) is 31.1. The third-order valence-corrected chi connectivity index (χ3v) is 1.45. The maximum atomic E-state index is 8.66. The summed E-state index contributed by atoms with van der Waals surface area (Å²) in [7, 11) is -5.14. The lowest BCUT2D eigenvalue weighted by Crippen LogP contribution is -2.20. The van der Waals surface area contributed by atoms with Gasteiger partial charge in [0.05, 0.1) is 7.82 Å². The van der Waals surface area contributed by atoms with E-state index in [1.54, 1.807) is 0 Å². The van der Waals surface area contributed by atoms with Crippen LogP contribution in [-0.4, -0.2) is 41.3 Å². The molecule has 0 bridgehead atoms. The van der Waals surface area contributed by atoms with Gasteiger partial charge >= 0.3 is 35.7 Å². The van der Waals surface area contributed by atoms with Crippen LogP contribution in [0.3, 0.4) is 0 Å². The van der Waals surface area contributed by atoms with Gasteiger partial charge in [-0.25, -0.2) is 9.97 Å². The van der Waals surface area contributed by atoms with Crippen LogP contribution < -0.4 is 54.2 Å². The molecule has 0 saturated heterocycles. The molecule has 20 heteroatoms. The number of hydrogen-bond donors (Lipinski definition) is 7. The Labute approximate surface area is 144 Å². The van der Waals surface area contributed by atoms with E-state index in [0.29, 0.717) is 0 Å². The van der Waals surface area contributed by atoms with E-state index in [9.17, 15) is 0 Å². The highest BCUT2D eigenvalue weighted by molar-refractivity contribution is 7.42. The van der Waals surface area contributed by atoms with E-state index < -0.39 is 7.82 Å². The van der Waals surface area contributed by atoms with Gasteiger partial charge in [0.1, 0.15) is 0 Å². The monoisotopic (exact) mass is 404 g/mol. The van der Waals surface area contributed by atoms with Crippen molar-refractivity contribution in [1.82, 2.24) is 19.9 Å². The fourth-order valence-electron chi connectivity index (χ4n) is 0.918. The van der Waals surface area contributed by atoms with Gasteiger partial charge in [-0.2, -0.15) is 0 Å². The van der Waals surface area contributed by atoms with Crippen LogP contribution >= 0.6 is 7.82 Å². The van der Waals surface area contributed by atoms with Crippen LogP contribution in [0, 0.1) is 0 Å². The number of nitrogens with one attached hydrogen (secondary N) is 2. The van der Waals surface area contributed by atoms with Gasteiger partial charge in [-0.1, -0.05) is 19.9 Å². The molecule has 0 aliphatic heterocycles. The third-order valence-electron chi connectivity index (χ3n) is 1.45. The number of nitrogens with two attached hydrogens (primary N) is 6. The minimum absolute atomic E-state index is 0. The zero-order chi connectivity index (χ0) is 18.2. The number of aromatic nitrogens is 6. The lowest BCUT2D eigenvalue weighted by atomic mass is 10.9. The van der Waals surface area contributed by atoms with Crippen molar-refractivity contribution in [3.8, 4) is 0 Å². The van der Waals surface area contributed by atoms with Crippen LogP contribution in [-0.2, 0) is 4.57 Å². The summed E-state index contributed by atoms with van der Waals surface area (Å²) in [6.45, 7) is 0. The van der Waals surface area contributed by atoms with Crippen LogP contribution in [0.4, 0.5) is 35.7 Å². The number of rotatable bonds is 0. The van der Waals surface area contributed by atoms with Crippen molar-refractivity contribution in [2.75, 3.05) is 34.4 Å². The molecular weight excluding hydrogens is 383 g/mol. The molecule has 2 aromatic heterocycles. The molecule has 0 spiro atoms. The predicted octanol–water partition coefficient (Wildman–Crippen LogP) is -8.59. The van der Waals surface area contributed by atoms with E-state index in [2.05, 4.69) is 29.9 Å². The van der Waals surface area contributed by atoms with Gasteiger partial charge in [0.2, 0.25) is 0 Å². The summed E-state index contributed by atoms with van der Waals surface area (Å²) >= 11 is 0. The number of nitrogens with zero attached hydrogens (tertiary/aromatic N) is 4. The number of H-pyrrole nitrogens is 2. The first-order valence-electron chi connectivity index (χ1n) is 5.27. The lowest BCUT2D eigenvalue weighted by Gasteiger charge is -2.19. The van der Waals surface area contributed by atoms with E-state index in [1.807, 2.05) is 0 Å². The molecule has 152 valence electrons. The van der Waals surface area contributed by atoms with Crippen molar-refractivity contribution in [2.45, 2.75) is 0 Å². The fourth-order valence-corrected chi connectivity index (χ4v) is 0.918. The molecule has 0 radical (unpaired) electrons. The largest absolute Gasteiger partial charge is 0.790 e. The second-order valence-electron chi connectivity index (χ2n) is 3.42. The van der Waals surface area contributed by atoms with Crippen molar-refractivity contribution < 1.29 is 45.6 Å². The molecule has 0 aliphatic rings. The lowest BCUT2D eigenvalue weighted by molar-refractivity contribution is -0.351. The average Bonchev–Trinajstić information content (AvgIpc) is 2.22. The Bertz CT molecular complexity index is 539. The van der Waals surface area contributed by atoms with Crippen LogP contribution in [0.1, 0.15) is 0 Å². The Kier molecular flexibility index (Phi) is 15.5. The summed E-state index contributed by atoms with van der Waals surface area (Å²) in [5.74, 6) is 0.813. The second-order valence-corrected chi connectivity index (χ2v) is 4.36. The van der Waals surface area contributed by atoms with E-state index in [1.165, 1.54) is 0 Å². The SMILES string of the molecule is Nc1nc(N)[nH+]c(N)n1.Nc1nc(N)[nH+]c(N)n1.O.O.O.O=P([O-])([O-])O. The molecule has 0 unspecified atom stereocenters.